The lowest BCUT2D eigenvalue weighted by Crippen LogP contribution is -2.17. The van der Waals surface area contributed by atoms with Gasteiger partial charge in [-0.3, -0.25) is 4.79 Å². The predicted molar refractivity (Wildman–Crippen MR) is 75.7 cm³/mol. The van der Waals surface area contributed by atoms with Gasteiger partial charge in [-0.15, -0.1) is 0 Å². The monoisotopic (exact) mass is 264 g/mol. The first-order valence-corrected chi connectivity index (χ1v) is 6.35. The molecule has 104 valence electrons. The third kappa shape index (κ3) is 4.62. The third-order valence-corrected chi connectivity index (χ3v) is 2.69. The number of carboxylic acid groups (broad SMARTS) is 1. The Bertz CT molecular complexity index is 472. The molecule has 19 heavy (non-hydrogen) atoms. The summed E-state index contributed by atoms with van der Waals surface area (Å²) in [5.41, 5.74) is 1.22. The van der Waals surface area contributed by atoms with Crippen molar-refractivity contribution in [1.29, 1.82) is 0 Å². The molecule has 3 N–H and O–H groups in total. The summed E-state index contributed by atoms with van der Waals surface area (Å²) < 4.78 is 0. The molecule has 0 saturated heterocycles. The highest BCUT2D eigenvalue weighted by molar-refractivity contribution is 5.97. The summed E-state index contributed by atoms with van der Waals surface area (Å²) in [5.74, 6) is -1.24. The molecule has 0 saturated carbocycles. The molecule has 0 aliphatic carbocycles. The van der Waals surface area contributed by atoms with Gasteiger partial charge in [-0.25, -0.2) is 4.79 Å². The Balaban J connectivity index is 2.97. The molecule has 0 spiro atoms. The molecule has 1 aromatic carbocycles. The van der Waals surface area contributed by atoms with Gasteiger partial charge >= 0.3 is 5.97 Å². The highest BCUT2D eigenvalue weighted by atomic mass is 16.4. The summed E-state index contributed by atoms with van der Waals surface area (Å²) in [5, 5.41) is 15.0. The first kappa shape index (κ1) is 15.0. The first-order chi connectivity index (χ1) is 8.93. The van der Waals surface area contributed by atoms with Crippen molar-refractivity contribution in [3.63, 3.8) is 0 Å². The van der Waals surface area contributed by atoms with Gasteiger partial charge in [0.25, 0.3) is 0 Å². The van der Waals surface area contributed by atoms with E-state index in [1.54, 1.807) is 12.1 Å². The second-order valence-corrected chi connectivity index (χ2v) is 4.58. The second-order valence-electron chi connectivity index (χ2n) is 4.58. The van der Waals surface area contributed by atoms with Gasteiger partial charge in [0.15, 0.2) is 0 Å². The summed E-state index contributed by atoms with van der Waals surface area (Å²) in [6, 6.07) is 5.04. The van der Waals surface area contributed by atoms with E-state index in [0.717, 1.165) is 12.8 Å². The molecule has 0 aliphatic rings. The van der Waals surface area contributed by atoms with Gasteiger partial charge in [-0.1, -0.05) is 13.3 Å². The maximum Gasteiger partial charge on any atom is 0.337 e. The van der Waals surface area contributed by atoms with Crippen molar-refractivity contribution >= 4 is 23.3 Å². The minimum absolute atomic E-state index is 0.161. The maximum absolute atomic E-state index is 11.2. The van der Waals surface area contributed by atoms with E-state index < -0.39 is 5.97 Å². The number of hydrogen-bond acceptors (Lipinski definition) is 3. The zero-order valence-electron chi connectivity index (χ0n) is 11.5. The number of anilines is 2. The van der Waals surface area contributed by atoms with Crippen molar-refractivity contribution in [1.82, 2.24) is 0 Å². The molecule has 0 radical (unpaired) electrons. The van der Waals surface area contributed by atoms with Gasteiger partial charge in [-0.2, -0.15) is 0 Å². The lowest BCUT2D eigenvalue weighted by atomic mass is 10.1. The number of carbonyl (C=O) groups excluding carboxylic acids is 1. The molecule has 0 aromatic heterocycles. The summed E-state index contributed by atoms with van der Waals surface area (Å²) in [6.45, 7) is 5.48. The number of rotatable bonds is 6. The summed E-state index contributed by atoms with van der Waals surface area (Å²) >= 11 is 0. The zero-order valence-corrected chi connectivity index (χ0v) is 11.5. The summed E-state index contributed by atoms with van der Waals surface area (Å²) in [6.07, 6.45) is 1.99. The van der Waals surface area contributed by atoms with Crippen molar-refractivity contribution < 1.29 is 14.7 Å². The Morgan fingerprint density at radius 3 is 2.58 bits per heavy atom. The van der Waals surface area contributed by atoms with Gasteiger partial charge in [-0.05, 0) is 31.5 Å². The normalized spacial score (nSPS) is 11.7. The predicted octanol–water partition coefficient (Wildman–Crippen LogP) is 2.94. The van der Waals surface area contributed by atoms with Crippen LogP contribution in [0.3, 0.4) is 0 Å². The van der Waals surface area contributed by atoms with Crippen molar-refractivity contribution in [2.75, 3.05) is 10.6 Å². The zero-order chi connectivity index (χ0) is 14.4. The topological polar surface area (TPSA) is 78.4 Å². The average molecular weight is 264 g/mol. The largest absolute Gasteiger partial charge is 0.478 e. The number of benzene rings is 1. The van der Waals surface area contributed by atoms with Crippen molar-refractivity contribution in [3.05, 3.63) is 23.8 Å². The van der Waals surface area contributed by atoms with E-state index in [2.05, 4.69) is 17.6 Å². The van der Waals surface area contributed by atoms with Gasteiger partial charge in [0, 0.05) is 24.3 Å². The minimum atomic E-state index is -1.02. The van der Waals surface area contributed by atoms with Gasteiger partial charge in [0.2, 0.25) is 5.91 Å². The Labute approximate surface area is 113 Å². The van der Waals surface area contributed by atoms with Gasteiger partial charge in [0.05, 0.1) is 5.56 Å². The number of hydrogen-bond donors (Lipinski definition) is 3. The molecule has 1 aromatic rings. The van der Waals surface area contributed by atoms with E-state index >= 15 is 0 Å². The van der Waals surface area contributed by atoms with Crippen LogP contribution in [-0.2, 0) is 4.79 Å². The summed E-state index contributed by atoms with van der Waals surface area (Å²) in [4.78, 5) is 22.2. The molecular weight excluding hydrogens is 244 g/mol. The molecule has 5 heteroatoms. The Kier molecular flexibility index (Phi) is 5.36. The molecule has 0 aliphatic heterocycles. The number of amides is 1. The molecule has 1 atom stereocenters. The van der Waals surface area contributed by atoms with E-state index in [0.29, 0.717) is 11.4 Å². The second kappa shape index (κ2) is 6.78. The SMILES string of the molecule is CCCC(C)Nc1ccc(NC(C)=O)cc1C(=O)O. The van der Waals surface area contributed by atoms with Crippen LogP contribution >= 0.6 is 0 Å². The van der Waals surface area contributed by atoms with Crippen molar-refractivity contribution in [2.24, 2.45) is 0 Å². The molecule has 1 unspecified atom stereocenters. The van der Waals surface area contributed by atoms with E-state index in [-0.39, 0.29) is 17.5 Å². The Morgan fingerprint density at radius 1 is 1.37 bits per heavy atom. The molecule has 1 amide bonds. The van der Waals surface area contributed by atoms with E-state index in [4.69, 9.17) is 0 Å². The highest BCUT2D eigenvalue weighted by Crippen LogP contribution is 2.22. The number of carbonyl (C=O) groups is 2. The van der Waals surface area contributed by atoms with E-state index in [9.17, 15) is 14.7 Å². The smallest absolute Gasteiger partial charge is 0.337 e. The van der Waals surface area contributed by atoms with Crippen molar-refractivity contribution in [3.8, 4) is 0 Å². The quantitative estimate of drug-likeness (QED) is 0.738. The van der Waals surface area contributed by atoms with Crippen LogP contribution in [0.2, 0.25) is 0 Å². The van der Waals surface area contributed by atoms with Crippen LogP contribution in [0.15, 0.2) is 18.2 Å². The first-order valence-electron chi connectivity index (χ1n) is 6.35. The van der Waals surface area contributed by atoms with Gasteiger partial charge in [0.1, 0.15) is 0 Å². The highest BCUT2D eigenvalue weighted by Gasteiger charge is 2.13. The Morgan fingerprint density at radius 2 is 2.05 bits per heavy atom. The molecule has 0 fully saturated rings. The summed E-state index contributed by atoms with van der Waals surface area (Å²) in [7, 11) is 0. The number of nitrogens with one attached hydrogen (secondary N) is 2. The van der Waals surface area contributed by atoms with Crippen LogP contribution < -0.4 is 10.6 Å². The van der Waals surface area contributed by atoms with Crippen LogP contribution in [0.25, 0.3) is 0 Å². The van der Waals surface area contributed by atoms with Gasteiger partial charge < -0.3 is 15.7 Å². The lowest BCUT2D eigenvalue weighted by molar-refractivity contribution is -0.114. The van der Waals surface area contributed by atoms with Crippen LogP contribution in [0.1, 0.15) is 44.0 Å². The third-order valence-electron chi connectivity index (χ3n) is 2.69. The van der Waals surface area contributed by atoms with Crippen LogP contribution in [0.4, 0.5) is 11.4 Å². The average Bonchev–Trinajstić information content (AvgIpc) is 2.30. The fourth-order valence-corrected chi connectivity index (χ4v) is 1.90. The Hall–Kier alpha value is -2.04. The van der Waals surface area contributed by atoms with E-state index in [1.807, 2.05) is 6.92 Å². The van der Waals surface area contributed by atoms with Crippen molar-refractivity contribution in [2.45, 2.75) is 39.7 Å². The maximum atomic E-state index is 11.2. The standard InChI is InChI=1S/C14H20N2O3/c1-4-5-9(2)15-13-7-6-11(16-10(3)17)8-12(13)14(18)19/h6-9,15H,4-5H2,1-3H3,(H,16,17)(H,18,19). The minimum Gasteiger partial charge on any atom is -0.478 e. The van der Waals surface area contributed by atoms with Crippen LogP contribution in [0.5, 0.6) is 0 Å². The molecular formula is C14H20N2O3. The molecule has 0 bridgehead atoms. The molecule has 5 nitrogen and oxygen atoms in total. The van der Waals surface area contributed by atoms with E-state index in [1.165, 1.54) is 13.0 Å². The molecule has 1 rings (SSSR count). The molecule has 0 heterocycles. The van der Waals surface area contributed by atoms with Crippen LogP contribution in [-0.4, -0.2) is 23.0 Å². The lowest BCUT2D eigenvalue weighted by Gasteiger charge is -2.17. The van der Waals surface area contributed by atoms with Crippen LogP contribution in [0, 0.1) is 0 Å². The fourth-order valence-electron chi connectivity index (χ4n) is 1.90. The fraction of sp³-hybridized carbons (Fsp3) is 0.429. The number of carboxylic acids is 1. The number of aromatic carboxylic acids is 1.